The standard InChI is InChI=1S/C10H6INO3/c11-8-5-10(15-6-8)7-1-3-9(4-2-7)12(13)14/h1-6H. The van der Waals surface area contributed by atoms with Crippen molar-refractivity contribution < 1.29 is 9.34 Å². The maximum absolute atomic E-state index is 10.4. The molecule has 5 heteroatoms. The van der Waals surface area contributed by atoms with Gasteiger partial charge < -0.3 is 4.42 Å². The van der Waals surface area contributed by atoms with E-state index in [-0.39, 0.29) is 5.69 Å². The maximum Gasteiger partial charge on any atom is 0.269 e. The molecule has 1 aromatic carbocycles. The van der Waals surface area contributed by atoms with Crippen LogP contribution in [0.25, 0.3) is 11.3 Å². The number of nitro benzene ring substituents is 1. The van der Waals surface area contributed by atoms with Crippen LogP contribution in [0.2, 0.25) is 0 Å². The number of halogens is 1. The predicted octanol–water partition coefficient (Wildman–Crippen LogP) is 3.46. The van der Waals surface area contributed by atoms with Gasteiger partial charge in [0.05, 0.1) is 8.49 Å². The Morgan fingerprint density at radius 1 is 1.27 bits per heavy atom. The highest BCUT2D eigenvalue weighted by Crippen LogP contribution is 2.24. The van der Waals surface area contributed by atoms with Gasteiger partial charge in [0.15, 0.2) is 0 Å². The monoisotopic (exact) mass is 315 g/mol. The van der Waals surface area contributed by atoms with Crippen molar-refractivity contribution >= 4 is 28.3 Å². The first-order valence-corrected chi connectivity index (χ1v) is 5.23. The Balaban J connectivity index is 2.35. The Kier molecular flexibility index (Phi) is 2.72. The van der Waals surface area contributed by atoms with Crippen molar-refractivity contribution in [2.75, 3.05) is 0 Å². The number of hydrogen-bond donors (Lipinski definition) is 0. The lowest BCUT2D eigenvalue weighted by Crippen LogP contribution is -1.86. The summed E-state index contributed by atoms with van der Waals surface area (Å²) >= 11 is 2.14. The van der Waals surface area contributed by atoms with Gasteiger partial charge in [-0.2, -0.15) is 0 Å². The minimum Gasteiger partial charge on any atom is -0.463 e. The van der Waals surface area contributed by atoms with Gasteiger partial charge in [0.1, 0.15) is 12.0 Å². The number of non-ortho nitro benzene ring substituents is 1. The zero-order chi connectivity index (χ0) is 10.8. The summed E-state index contributed by atoms with van der Waals surface area (Å²) in [5.74, 6) is 0.717. The van der Waals surface area contributed by atoms with Crippen LogP contribution < -0.4 is 0 Å². The van der Waals surface area contributed by atoms with Crippen LogP contribution in [0.3, 0.4) is 0 Å². The minimum atomic E-state index is -0.421. The molecule has 0 fully saturated rings. The van der Waals surface area contributed by atoms with E-state index in [4.69, 9.17) is 4.42 Å². The van der Waals surface area contributed by atoms with Crippen molar-refractivity contribution in [1.29, 1.82) is 0 Å². The Morgan fingerprint density at radius 3 is 2.40 bits per heavy atom. The second-order valence-corrected chi connectivity index (χ2v) is 4.18. The molecule has 0 N–H and O–H groups in total. The average molecular weight is 315 g/mol. The van der Waals surface area contributed by atoms with Gasteiger partial charge in [-0.15, -0.1) is 0 Å². The number of hydrogen-bond acceptors (Lipinski definition) is 3. The third-order valence-electron chi connectivity index (χ3n) is 1.93. The summed E-state index contributed by atoms with van der Waals surface area (Å²) < 4.78 is 6.27. The van der Waals surface area contributed by atoms with E-state index < -0.39 is 4.92 Å². The minimum absolute atomic E-state index is 0.0833. The number of nitrogens with zero attached hydrogens (tertiary/aromatic N) is 1. The Bertz CT molecular complexity index is 490. The molecular weight excluding hydrogens is 309 g/mol. The molecule has 0 radical (unpaired) electrons. The molecule has 0 saturated carbocycles. The van der Waals surface area contributed by atoms with Gasteiger partial charge in [-0.25, -0.2) is 0 Å². The first kappa shape index (κ1) is 10.2. The van der Waals surface area contributed by atoms with E-state index in [0.29, 0.717) is 5.76 Å². The molecule has 76 valence electrons. The van der Waals surface area contributed by atoms with Gasteiger partial charge >= 0.3 is 0 Å². The van der Waals surface area contributed by atoms with Crippen LogP contribution in [0, 0.1) is 13.7 Å². The molecular formula is C10H6INO3. The van der Waals surface area contributed by atoms with Gasteiger partial charge in [0.25, 0.3) is 5.69 Å². The van der Waals surface area contributed by atoms with E-state index in [1.165, 1.54) is 12.1 Å². The lowest BCUT2D eigenvalue weighted by molar-refractivity contribution is -0.384. The summed E-state index contributed by atoms with van der Waals surface area (Å²) in [6, 6.07) is 8.15. The number of benzene rings is 1. The zero-order valence-electron chi connectivity index (χ0n) is 7.51. The molecule has 0 atom stereocenters. The van der Waals surface area contributed by atoms with Crippen molar-refractivity contribution in [3.8, 4) is 11.3 Å². The fourth-order valence-corrected chi connectivity index (χ4v) is 1.62. The lowest BCUT2D eigenvalue weighted by atomic mass is 10.1. The lowest BCUT2D eigenvalue weighted by Gasteiger charge is -1.95. The summed E-state index contributed by atoms with van der Waals surface area (Å²) in [6.07, 6.45) is 1.64. The Morgan fingerprint density at radius 2 is 1.93 bits per heavy atom. The number of nitro groups is 1. The fourth-order valence-electron chi connectivity index (χ4n) is 1.21. The molecule has 0 spiro atoms. The van der Waals surface area contributed by atoms with E-state index in [0.717, 1.165) is 9.13 Å². The van der Waals surface area contributed by atoms with Crippen molar-refractivity contribution in [2.45, 2.75) is 0 Å². The molecule has 0 aliphatic rings. The summed E-state index contributed by atoms with van der Waals surface area (Å²) in [4.78, 5) is 10.0. The van der Waals surface area contributed by atoms with Crippen molar-refractivity contribution in [3.05, 3.63) is 50.3 Å². The molecule has 2 rings (SSSR count). The zero-order valence-corrected chi connectivity index (χ0v) is 9.67. The van der Waals surface area contributed by atoms with Crippen molar-refractivity contribution in [1.82, 2.24) is 0 Å². The van der Waals surface area contributed by atoms with Crippen LogP contribution in [0.5, 0.6) is 0 Å². The number of furan rings is 1. The van der Waals surface area contributed by atoms with Gasteiger partial charge in [-0.3, -0.25) is 10.1 Å². The molecule has 4 nitrogen and oxygen atoms in total. The molecule has 0 aliphatic heterocycles. The van der Waals surface area contributed by atoms with Crippen LogP contribution in [0.4, 0.5) is 5.69 Å². The Hall–Kier alpha value is -1.37. The first-order chi connectivity index (χ1) is 7.16. The molecule has 0 amide bonds. The summed E-state index contributed by atoms with van der Waals surface area (Å²) in [7, 11) is 0. The number of rotatable bonds is 2. The second kappa shape index (κ2) is 4.01. The molecule has 2 aromatic rings. The quantitative estimate of drug-likeness (QED) is 0.484. The largest absolute Gasteiger partial charge is 0.463 e. The highest BCUT2D eigenvalue weighted by atomic mass is 127. The molecule has 1 heterocycles. The van der Waals surface area contributed by atoms with Crippen LogP contribution in [0.1, 0.15) is 0 Å². The van der Waals surface area contributed by atoms with E-state index in [9.17, 15) is 10.1 Å². The Labute approximate surface area is 99.2 Å². The van der Waals surface area contributed by atoms with E-state index in [2.05, 4.69) is 22.6 Å². The van der Waals surface area contributed by atoms with Crippen molar-refractivity contribution in [3.63, 3.8) is 0 Å². The van der Waals surface area contributed by atoms with Crippen LogP contribution in [0.15, 0.2) is 41.0 Å². The van der Waals surface area contributed by atoms with Gasteiger partial charge in [0, 0.05) is 17.7 Å². The van der Waals surface area contributed by atoms with Crippen LogP contribution in [-0.4, -0.2) is 4.92 Å². The van der Waals surface area contributed by atoms with Gasteiger partial charge in [-0.1, -0.05) is 0 Å². The molecule has 0 unspecified atom stereocenters. The predicted molar refractivity (Wildman–Crippen MR) is 63.5 cm³/mol. The van der Waals surface area contributed by atoms with Crippen LogP contribution in [-0.2, 0) is 0 Å². The fraction of sp³-hybridized carbons (Fsp3) is 0. The summed E-state index contributed by atoms with van der Waals surface area (Å²) in [5, 5.41) is 10.4. The average Bonchev–Trinajstić information content (AvgIpc) is 2.65. The second-order valence-electron chi connectivity index (χ2n) is 2.93. The SMILES string of the molecule is O=[N+]([O-])c1ccc(-c2cc(I)co2)cc1. The molecule has 1 aromatic heterocycles. The third-order valence-corrected chi connectivity index (χ3v) is 2.50. The highest BCUT2D eigenvalue weighted by molar-refractivity contribution is 14.1. The molecule has 0 saturated heterocycles. The van der Waals surface area contributed by atoms with Gasteiger partial charge in [0.2, 0.25) is 0 Å². The van der Waals surface area contributed by atoms with E-state index in [1.54, 1.807) is 18.4 Å². The maximum atomic E-state index is 10.4. The third kappa shape index (κ3) is 2.17. The van der Waals surface area contributed by atoms with E-state index in [1.807, 2.05) is 6.07 Å². The molecule has 15 heavy (non-hydrogen) atoms. The first-order valence-electron chi connectivity index (χ1n) is 4.15. The molecule has 0 aliphatic carbocycles. The van der Waals surface area contributed by atoms with Gasteiger partial charge in [-0.05, 0) is 40.8 Å². The van der Waals surface area contributed by atoms with E-state index >= 15 is 0 Å². The highest BCUT2D eigenvalue weighted by Gasteiger charge is 2.07. The summed E-state index contributed by atoms with van der Waals surface area (Å²) in [5.41, 5.74) is 0.920. The van der Waals surface area contributed by atoms with Crippen molar-refractivity contribution in [2.24, 2.45) is 0 Å². The smallest absolute Gasteiger partial charge is 0.269 e. The van der Waals surface area contributed by atoms with Crippen LogP contribution >= 0.6 is 22.6 Å². The summed E-state index contributed by atoms with van der Waals surface area (Å²) in [6.45, 7) is 0. The molecule has 0 bridgehead atoms. The topological polar surface area (TPSA) is 56.3 Å². The normalized spacial score (nSPS) is 10.2.